The molecule has 148 valence electrons. The number of carbonyl (C=O) groups excluding carboxylic acids is 1. The van der Waals surface area contributed by atoms with Crippen molar-refractivity contribution in [1.29, 1.82) is 0 Å². The zero-order valence-corrected chi connectivity index (χ0v) is 17.1. The Kier molecular flexibility index (Phi) is 4.25. The summed E-state index contributed by atoms with van der Waals surface area (Å²) in [6, 6.07) is 1.89. The van der Waals surface area contributed by atoms with Crippen molar-refractivity contribution in [1.82, 2.24) is 20.1 Å². The average molecular weight is 400 g/mol. The molecule has 6 nitrogen and oxygen atoms in total. The second-order valence-electron chi connectivity index (χ2n) is 9.39. The van der Waals surface area contributed by atoms with Gasteiger partial charge in [-0.1, -0.05) is 25.4 Å². The minimum atomic E-state index is 0.0801. The van der Waals surface area contributed by atoms with Crippen LogP contribution >= 0.6 is 11.6 Å². The third-order valence-electron chi connectivity index (χ3n) is 6.59. The van der Waals surface area contributed by atoms with E-state index in [0.29, 0.717) is 22.7 Å². The monoisotopic (exact) mass is 399 g/mol. The Morgan fingerprint density at radius 3 is 2.75 bits per heavy atom. The average Bonchev–Trinajstić information content (AvgIpc) is 3.35. The lowest BCUT2D eigenvalue weighted by Crippen LogP contribution is -2.23. The van der Waals surface area contributed by atoms with E-state index in [0.717, 1.165) is 50.0 Å². The Balaban J connectivity index is 1.37. The van der Waals surface area contributed by atoms with Gasteiger partial charge in [-0.2, -0.15) is 5.10 Å². The van der Waals surface area contributed by atoms with Crippen LogP contribution in [-0.2, 0) is 17.8 Å². The van der Waals surface area contributed by atoms with Gasteiger partial charge in [0.05, 0.1) is 11.2 Å². The summed E-state index contributed by atoms with van der Waals surface area (Å²) in [5.74, 6) is 2.01. The fourth-order valence-corrected chi connectivity index (χ4v) is 5.40. The molecule has 28 heavy (non-hydrogen) atoms. The van der Waals surface area contributed by atoms with Crippen LogP contribution in [0, 0.1) is 23.2 Å². The second-order valence-corrected chi connectivity index (χ2v) is 9.80. The Morgan fingerprint density at radius 1 is 1.25 bits per heavy atom. The van der Waals surface area contributed by atoms with Gasteiger partial charge in [-0.25, -0.2) is 4.98 Å². The van der Waals surface area contributed by atoms with Gasteiger partial charge in [0.15, 0.2) is 0 Å². The van der Waals surface area contributed by atoms with Crippen molar-refractivity contribution in [3.8, 4) is 11.1 Å². The molecule has 0 bridgehead atoms. The van der Waals surface area contributed by atoms with Gasteiger partial charge in [0.2, 0.25) is 5.91 Å². The highest BCUT2D eigenvalue weighted by atomic mass is 35.5. The lowest BCUT2D eigenvalue weighted by Gasteiger charge is -2.15. The van der Waals surface area contributed by atoms with Crippen LogP contribution in [0.1, 0.15) is 32.4 Å². The number of rotatable bonds is 3. The Labute approximate surface area is 170 Å². The first-order valence-electron chi connectivity index (χ1n) is 10.1. The van der Waals surface area contributed by atoms with E-state index < -0.39 is 0 Å². The molecule has 3 atom stereocenters. The molecule has 7 heteroatoms. The summed E-state index contributed by atoms with van der Waals surface area (Å²) >= 11 is 6.47. The molecule has 2 fully saturated rings. The van der Waals surface area contributed by atoms with Crippen LogP contribution in [0.4, 0.5) is 5.82 Å². The number of amides is 1. The minimum absolute atomic E-state index is 0.0801. The quantitative estimate of drug-likeness (QED) is 0.830. The molecule has 1 saturated heterocycles. The van der Waals surface area contributed by atoms with Crippen LogP contribution in [0.2, 0.25) is 5.02 Å². The topological polar surface area (TPSA) is 71.8 Å². The number of hydrogen-bond acceptors (Lipinski definition) is 4. The predicted octanol–water partition coefficient (Wildman–Crippen LogP) is 3.36. The normalized spacial score (nSPS) is 27.6. The predicted molar refractivity (Wildman–Crippen MR) is 109 cm³/mol. The molecule has 2 aromatic rings. The number of nitrogens with one attached hydrogen (secondary N) is 2. The molecular formula is C21H26ClN5O. The van der Waals surface area contributed by atoms with Crippen molar-refractivity contribution in [2.45, 2.75) is 39.7 Å². The lowest BCUT2D eigenvalue weighted by molar-refractivity contribution is -0.119. The molecule has 2 N–H and O–H groups in total. The second kappa shape index (κ2) is 6.56. The van der Waals surface area contributed by atoms with Crippen molar-refractivity contribution in [2.75, 3.05) is 18.4 Å². The Morgan fingerprint density at radius 2 is 2.00 bits per heavy atom. The first-order chi connectivity index (χ1) is 13.4. The first-order valence-corrected chi connectivity index (χ1v) is 10.5. The minimum Gasteiger partial charge on any atom is -0.316 e. The summed E-state index contributed by atoms with van der Waals surface area (Å²) in [7, 11) is 0. The van der Waals surface area contributed by atoms with Crippen molar-refractivity contribution in [2.24, 2.45) is 23.2 Å². The summed E-state index contributed by atoms with van der Waals surface area (Å²) in [5, 5.41) is 11.6. The van der Waals surface area contributed by atoms with Gasteiger partial charge in [0, 0.05) is 35.5 Å². The first kappa shape index (κ1) is 18.1. The fraction of sp³-hybridized carbons (Fsp3) is 0.571. The number of halogens is 1. The summed E-state index contributed by atoms with van der Waals surface area (Å²) in [4.78, 5) is 17.1. The van der Waals surface area contributed by atoms with E-state index in [9.17, 15) is 4.79 Å². The number of anilines is 1. The van der Waals surface area contributed by atoms with Gasteiger partial charge in [0.25, 0.3) is 0 Å². The van der Waals surface area contributed by atoms with Crippen molar-refractivity contribution >= 4 is 23.3 Å². The summed E-state index contributed by atoms with van der Waals surface area (Å²) in [5.41, 5.74) is 3.32. The van der Waals surface area contributed by atoms with Gasteiger partial charge < -0.3 is 10.6 Å². The standard InChI is InChI=1S/C21H26ClN5O/c1-21(2)6-18-16(9-25-27(18)11-21)15-5-19(24-10-17(15)22)26-20(28)12-3-13-7-23-8-14(13)4-12/h5,9-10,12-14,23H,3-4,6-8,11H2,1-2H3,(H,24,26,28)/t12?,13-,14+. The Bertz CT molecular complexity index is 925. The van der Waals surface area contributed by atoms with Crippen molar-refractivity contribution in [3.05, 3.63) is 29.2 Å². The third-order valence-corrected chi connectivity index (χ3v) is 6.90. The fourth-order valence-electron chi connectivity index (χ4n) is 5.19. The molecule has 1 amide bonds. The van der Waals surface area contributed by atoms with Gasteiger partial charge in [-0.15, -0.1) is 0 Å². The highest BCUT2D eigenvalue weighted by Crippen LogP contribution is 2.41. The number of pyridine rings is 1. The molecule has 2 aliphatic heterocycles. The van der Waals surface area contributed by atoms with E-state index >= 15 is 0 Å². The number of carbonyl (C=O) groups is 1. The maximum absolute atomic E-state index is 12.8. The lowest BCUT2D eigenvalue weighted by atomic mass is 9.89. The van der Waals surface area contributed by atoms with Crippen LogP contribution in [0.15, 0.2) is 18.5 Å². The highest BCUT2D eigenvalue weighted by Gasteiger charge is 2.40. The molecule has 5 rings (SSSR count). The van der Waals surface area contributed by atoms with E-state index in [2.05, 4.69) is 39.2 Å². The van der Waals surface area contributed by atoms with Crippen LogP contribution in [-0.4, -0.2) is 33.8 Å². The number of hydrogen-bond donors (Lipinski definition) is 2. The molecule has 3 aliphatic rings. The molecule has 0 spiro atoms. The molecule has 2 aromatic heterocycles. The van der Waals surface area contributed by atoms with Gasteiger partial charge >= 0.3 is 0 Å². The van der Waals surface area contributed by atoms with Crippen LogP contribution < -0.4 is 10.6 Å². The molecule has 1 unspecified atom stereocenters. The highest BCUT2D eigenvalue weighted by molar-refractivity contribution is 6.33. The maximum atomic E-state index is 12.8. The van der Waals surface area contributed by atoms with E-state index in [4.69, 9.17) is 11.6 Å². The van der Waals surface area contributed by atoms with E-state index in [-0.39, 0.29) is 17.2 Å². The van der Waals surface area contributed by atoms with Crippen LogP contribution in [0.25, 0.3) is 11.1 Å². The zero-order valence-electron chi connectivity index (χ0n) is 16.3. The summed E-state index contributed by atoms with van der Waals surface area (Å²) in [6.45, 7) is 7.49. The van der Waals surface area contributed by atoms with E-state index in [1.807, 2.05) is 12.3 Å². The maximum Gasteiger partial charge on any atom is 0.228 e. The van der Waals surface area contributed by atoms with Crippen LogP contribution in [0.5, 0.6) is 0 Å². The van der Waals surface area contributed by atoms with Gasteiger partial charge in [-0.05, 0) is 55.7 Å². The third kappa shape index (κ3) is 3.12. The smallest absolute Gasteiger partial charge is 0.228 e. The molecule has 0 aromatic carbocycles. The zero-order chi connectivity index (χ0) is 19.5. The SMILES string of the molecule is CC1(C)Cc2c(-c3cc(NC(=O)C4C[C@H]5CNC[C@H]5C4)ncc3Cl)cnn2C1. The van der Waals surface area contributed by atoms with Crippen LogP contribution in [0.3, 0.4) is 0 Å². The van der Waals surface area contributed by atoms with Gasteiger partial charge in [0.1, 0.15) is 5.82 Å². The molecule has 1 aliphatic carbocycles. The number of fused-ring (bicyclic) bond motifs is 2. The molecular weight excluding hydrogens is 374 g/mol. The van der Waals surface area contributed by atoms with Gasteiger partial charge in [-0.3, -0.25) is 9.48 Å². The Hall–Kier alpha value is -1.92. The van der Waals surface area contributed by atoms with E-state index in [1.54, 1.807) is 6.20 Å². The molecule has 4 heterocycles. The van der Waals surface area contributed by atoms with E-state index in [1.165, 1.54) is 5.69 Å². The number of nitrogens with zero attached hydrogens (tertiary/aromatic N) is 3. The van der Waals surface area contributed by atoms with Crippen molar-refractivity contribution < 1.29 is 4.79 Å². The summed E-state index contributed by atoms with van der Waals surface area (Å²) < 4.78 is 2.07. The number of aromatic nitrogens is 3. The largest absolute Gasteiger partial charge is 0.316 e. The molecule has 0 radical (unpaired) electrons. The molecule has 1 saturated carbocycles. The van der Waals surface area contributed by atoms with Crippen molar-refractivity contribution in [3.63, 3.8) is 0 Å². The summed E-state index contributed by atoms with van der Waals surface area (Å²) in [6.07, 6.45) is 6.40.